The number of para-hydroxylation sites is 1. The lowest BCUT2D eigenvalue weighted by Crippen LogP contribution is -2.15. The molecule has 2 aromatic rings. The number of aromatic nitrogens is 2. The molecule has 1 N–H and O–H groups in total. The number of hydrogen-bond acceptors (Lipinski definition) is 5. The largest absolute Gasteiger partial charge is 0.483 e. The first-order valence-electron chi connectivity index (χ1n) is 6.91. The minimum absolute atomic E-state index is 0.298. The van der Waals surface area contributed by atoms with Gasteiger partial charge in [0.15, 0.2) is 6.61 Å². The zero-order valence-corrected chi connectivity index (χ0v) is 12.3. The molecule has 0 saturated heterocycles. The number of benzene rings is 1. The van der Waals surface area contributed by atoms with Gasteiger partial charge in [-0.2, -0.15) is 0 Å². The summed E-state index contributed by atoms with van der Waals surface area (Å²) >= 11 is 0. The molecule has 0 fully saturated rings. The second-order valence-electron chi connectivity index (χ2n) is 4.74. The highest BCUT2D eigenvalue weighted by atomic mass is 16.5. The van der Waals surface area contributed by atoms with Gasteiger partial charge in [0.1, 0.15) is 5.75 Å². The normalized spacial score (nSPS) is 10.8. The van der Waals surface area contributed by atoms with Crippen LogP contribution in [0, 0.1) is 13.8 Å². The monoisotopic (exact) mass is 275 g/mol. The molecule has 0 aliphatic heterocycles. The minimum atomic E-state index is 0.298. The maximum absolute atomic E-state index is 5.86. The Bertz CT molecular complexity index is 552. The quantitative estimate of drug-likeness (QED) is 0.787. The van der Waals surface area contributed by atoms with Crippen LogP contribution in [0.15, 0.2) is 22.6 Å². The molecular weight excluding hydrogens is 254 g/mol. The van der Waals surface area contributed by atoms with E-state index in [4.69, 9.17) is 9.15 Å². The molecule has 0 amide bonds. The predicted octanol–water partition coefficient (Wildman–Crippen LogP) is 2.77. The van der Waals surface area contributed by atoms with Gasteiger partial charge < -0.3 is 14.5 Å². The summed E-state index contributed by atoms with van der Waals surface area (Å²) in [5.74, 6) is 1.95. The molecule has 5 nitrogen and oxygen atoms in total. The summed E-state index contributed by atoms with van der Waals surface area (Å²) in [4.78, 5) is 0. The van der Waals surface area contributed by atoms with Gasteiger partial charge in [-0.25, -0.2) is 0 Å². The summed E-state index contributed by atoms with van der Waals surface area (Å²) in [6, 6.07) is 6.16. The van der Waals surface area contributed by atoms with Gasteiger partial charge in [0.05, 0.1) is 0 Å². The average molecular weight is 275 g/mol. The van der Waals surface area contributed by atoms with Crippen LogP contribution in [0.2, 0.25) is 0 Å². The molecule has 0 aliphatic carbocycles. The molecule has 0 aliphatic rings. The third-order valence-electron chi connectivity index (χ3n) is 2.94. The van der Waals surface area contributed by atoms with Crippen molar-refractivity contribution in [2.45, 2.75) is 40.3 Å². The Balaban J connectivity index is 2.04. The average Bonchev–Trinajstić information content (AvgIpc) is 2.84. The van der Waals surface area contributed by atoms with E-state index >= 15 is 0 Å². The van der Waals surface area contributed by atoms with Crippen molar-refractivity contribution in [2.75, 3.05) is 6.54 Å². The Morgan fingerprint density at radius 3 is 2.80 bits per heavy atom. The summed E-state index contributed by atoms with van der Waals surface area (Å²) in [6.07, 6.45) is 1.11. The van der Waals surface area contributed by atoms with Crippen LogP contribution in [0.25, 0.3) is 0 Å². The van der Waals surface area contributed by atoms with Crippen molar-refractivity contribution in [3.8, 4) is 5.75 Å². The predicted molar refractivity (Wildman–Crippen MR) is 76.5 cm³/mol. The van der Waals surface area contributed by atoms with Crippen molar-refractivity contribution in [3.63, 3.8) is 0 Å². The van der Waals surface area contributed by atoms with Crippen molar-refractivity contribution >= 4 is 0 Å². The Labute approximate surface area is 119 Å². The van der Waals surface area contributed by atoms with Crippen LogP contribution in [0.1, 0.15) is 36.3 Å². The van der Waals surface area contributed by atoms with Gasteiger partial charge in [0.2, 0.25) is 5.89 Å². The topological polar surface area (TPSA) is 60.2 Å². The fourth-order valence-electron chi connectivity index (χ4n) is 1.99. The van der Waals surface area contributed by atoms with Crippen molar-refractivity contribution < 1.29 is 9.15 Å². The molecule has 0 bridgehead atoms. The minimum Gasteiger partial charge on any atom is -0.483 e. The van der Waals surface area contributed by atoms with Crippen LogP contribution in [-0.2, 0) is 13.2 Å². The van der Waals surface area contributed by atoms with Gasteiger partial charge in [0.25, 0.3) is 5.89 Å². The van der Waals surface area contributed by atoms with Crippen molar-refractivity contribution in [2.24, 2.45) is 0 Å². The first-order valence-corrected chi connectivity index (χ1v) is 6.91. The second kappa shape index (κ2) is 7.05. The lowest BCUT2D eigenvalue weighted by Gasteiger charge is -2.13. The molecule has 0 radical (unpaired) electrons. The van der Waals surface area contributed by atoms with E-state index in [-0.39, 0.29) is 0 Å². The van der Waals surface area contributed by atoms with Crippen molar-refractivity contribution in [1.29, 1.82) is 0 Å². The first-order chi connectivity index (χ1) is 9.70. The zero-order chi connectivity index (χ0) is 14.4. The Morgan fingerprint density at radius 2 is 2.10 bits per heavy atom. The maximum Gasteiger partial charge on any atom is 0.253 e. The molecule has 20 heavy (non-hydrogen) atoms. The molecule has 1 aromatic heterocycles. The van der Waals surface area contributed by atoms with Crippen molar-refractivity contribution in [1.82, 2.24) is 15.5 Å². The summed E-state index contributed by atoms with van der Waals surface area (Å²) in [5.41, 5.74) is 2.26. The highest BCUT2D eigenvalue weighted by molar-refractivity contribution is 5.40. The standard InChI is InChI=1S/C15H21N3O2/c1-4-8-16-9-13-7-5-6-11(2)15(13)19-10-14-18-17-12(3)20-14/h5-7,16H,4,8-10H2,1-3H3. The summed E-state index contributed by atoms with van der Waals surface area (Å²) in [7, 11) is 0. The smallest absolute Gasteiger partial charge is 0.253 e. The van der Waals surface area contributed by atoms with Crippen LogP contribution in [0.4, 0.5) is 0 Å². The second-order valence-corrected chi connectivity index (χ2v) is 4.74. The molecule has 0 atom stereocenters. The molecule has 2 rings (SSSR count). The van der Waals surface area contributed by atoms with Gasteiger partial charge in [-0.3, -0.25) is 0 Å². The summed E-state index contributed by atoms with van der Waals surface area (Å²) in [5, 5.41) is 11.1. The van der Waals surface area contributed by atoms with E-state index in [1.54, 1.807) is 6.92 Å². The van der Waals surface area contributed by atoms with Crippen LogP contribution in [0.5, 0.6) is 5.75 Å². The number of nitrogens with zero attached hydrogens (tertiary/aromatic N) is 2. The van der Waals surface area contributed by atoms with E-state index in [1.165, 1.54) is 0 Å². The van der Waals surface area contributed by atoms with Gasteiger partial charge in [0, 0.05) is 19.0 Å². The van der Waals surface area contributed by atoms with Gasteiger partial charge in [-0.15, -0.1) is 10.2 Å². The Morgan fingerprint density at radius 1 is 1.25 bits per heavy atom. The third-order valence-corrected chi connectivity index (χ3v) is 2.94. The lowest BCUT2D eigenvalue weighted by atomic mass is 10.1. The van der Waals surface area contributed by atoms with Crippen LogP contribution >= 0.6 is 0 Å². The van der Waals surface area contributed by atoms with E-state index in [2.05, 4.69) is 28.5 Å². The molecule has 108 valence electrons. The van der Waals surface area contributed by atoms with E-state index in [1.807, 2.05) is 19.1 Å². The molecule has 0 saturated carbocycles. The number of hydrogen-bond donors (Lipinski definition) is 1. The van der Waals surface area contributed by atoms with E-state index in [0.29, 0.717) is 18.4 Å². The summed E-state index contributed by atoms with van der Waals surface area (Å²) < 4.78 is 11.2. The SMILES string of the molecule is CCCNCc1cccc(C)c1OCc1nnc(C)o1. The third kappa shape index (κ3) is 3.81. The molecular formula is C15H21N3O2. The van der Waals surface area contributed by atoms with Gasteiger partial charge in [-0.05, 0) is 25.5 Å². The Kier molecular flexibility index (Phi) is 5.12. The molecule has 1 heterocycles. The zero-order valence-electron chi connectivity index (χ0n) is 12.3. The number of nitrogens with one attached hydrogen (secondary N) is 1. The van der Waals surface area contributed by atoms with Crippen LogP contribution < -0.4 is 10.1 Å². The van der Waals surface area contributed by atoms with Crippen molar-refractivity contribution in [3.05, 3.63) is 41.1 Å². The first kappa shape index (κ1) is 14.5. The fourth-order valence-corrected chi connectivity index (χ4v) is 1.99. The van der Waals surface area contributed by atoms with E-state index < -0.39 is 0 Å². The highest BCUT2D eigenvalue weighted by Crippen LogP contribution is 2.24. The molecule has 0 unspecified atom stereocenters. The van der Waals surface area contributed by atoms with E-state index in [0.717, 1.165) is 36.4 Å². The summed E-state index contributed by atoms with van der Waals surface area (Å²) in [6.45, 7) is 8.05. The molecule has 1 aromatic carbocycles. The lowest BCUT2D eigenvalue weighted by molar-refractivity contribution is 0.256. The van der Waals surface area contributed by atoms with Crippen LogP contribution in [-0.4, -0.2) is 16.7 Å². The highest BCUT2D eigenvalue weighted by Gasteiger charge is 2.09. The number of rotatable bonds is 7. The molecule has 0 spiro atoms. The fraction of sp³-hybridized carbons (Fsp3) is 0.467. The number of ether oxygens (including phenoxy) is 1. The van der Waals surface area contributed by atoms with E-state index in [9.17, 15) is 0 Å². The number of aryl methyl sites for hydroxylation is 2. The maximum atomic E-state index is 5.86. The Hall–Kier alpha value is -1.88. The van der Waals surface area contributed by atoms with Crippen LogP contribution in [0.3, 0.4) is 0 Å². The van der Waals surface area contributed by atoms with Gasteiger partial charge in [-0.1, -0.05) is 25.1 Å². The molecule has 5 heteroatoms. The van der Waals surface area contributed by atoms with Gasteiger partial charge >= 0.3 is 0 Å².